The highest BCUT2D eigenvalue weighted by Crippen LogP contribution is 2.35. The van der Waals surface area contributed by atoms with E-state index in [9.17, 15) is 13.2 Å². The summed E-state index contributed by atoms with van der Waals surface area (Å²) in [5, 5.41) is 0.486. The maximum Gasteiger partial charge on any atom is 0.274 e. The third-order valence-electron chi connectivity index (χ3n) is 4.54. The Morgan fingerprint density at radius 3 is 2.68 bits per heavy atom. The number of ether oxygens (including phenoxy) is 2. The van der Waals surface area contributed by atoms with Crippen molar-refractivity contribution in [2.24, 2.45) is 0 Å². The van der Waals surface area contributed by atoms with Crippen LogP contribution in [0, 0.1) is 0 Å². The van der Waals surface area contributed by atoms with Gasteiger partial charge < -0.3 is 9.47 Å². The summed E-state index contributed by atoms with van der Waals surface area (Å²) < 4.78 is 38.9. The lowest BCUT2D eigenvalue weighted by atomic mass is 10.2. The normalized spacial score (nSPS) is 15.4. The third kappa shape index (κ3) is 3.36. The van der Waals surface area contributed by atoms with Crippen molar-refractivity contribution in [3.63, 3.8) is 0 Å². The highest BCUT2D eigenvalue weighted by Gasteiger charge is 2.38. The Morgan fingerprint density at radius 1 is 1.21 bits per heavy atom. The van der Waals surface area contributed by atoms with Crippen LogP contribution in [0.1, 0.15) is 17.3 Å². The molecule has 0 saturated carbocycles. The summed E-state index contributed by atoms with van der Waals surface area (Å²) in [6.07, 6.45) is -0.266. The molecule has 0 unspecified atom stereocenters. The molecular formula is C19H18N2O5S2. The fourth-order valence-corrected chi connectivity index (χ4v) is 5.41. The molecule has 0 amide bonds. The van der Waals surface area contributed by atoms with Crippen LogP contribution in [0.5, 0.6) is 10.9 Å². The molecule has 1 aliphatic rings. The lowest BCUT2D eigenvalue weighted by Gasteiger charge is -2.37. The summed E-state index contributed by atoms with van der Waals surface area (Å²) in [7, 11) is -2.07. The monoisotopic (exact) mass is 418 g/mol. The first-order valence-corrected chi connectivity index (χ1v) is 10.9. The molecule has 1 fully saturated rings. The molecule has 0 spiro atoms. The standard InChI is InChI=1S/C19H18N2O5S2/c1-12(22)13-5-3-6-15(9-13)28(23,24)21-10-14(11-21)26-19-20-18-16(25-2)7-4-8-17(18)27-19/h3-9,14H,10-11H2,1-2H3. The summed E-state index contributed by atoms with van der Waals surface area (Å²) in [5.74, 6) is 0.500. The minimum absolute atomic E-state index is 0.114. The Kier molecular flexibility index (Phi) is 4.82. The van der Waals surface area contributed by atoms with Gasteiger partial charge >= 0.3 is 0 Å². The zero-order valence-electron chi connectivity index (χ0n) is 15.3. The molecule has 0 N–H and O–H groups in total. The van der Waals surface area contributed by atoms with Crippen LogP contribution in [0.2, 0.25) is 0 Å². The molecule has 1 aliphatic heterocycles. The Balaban J connectivity index is 1.46. The van der Waals surface area contributed by atoms with E-state index < -0.39 is 10.0 Å². The van der Waals surface area contributed by atoms with E-state index in [-0.39, 0.29) is 29.9 Å². The number of fused-ring (bicyclic) bond motifs is 1. The number of benzene rings is 2. The van der Waals surface area contributed by atoms with Crippen LogP contribution < -0.4 is 9.47 Å². The molecule has 0 radical (unpaired) electrons. The highest BCUT2D eigenvalue weighted by molar-refractivity contribution is 7.89. The SMILES string of the molecule is COc1cccc2sc(OC3CN(S(=O)(=O)c4cccc(C(C)=O)c4)C3)nc12. The summed E-state index contributed by atoms with van der Waals surface area (Å²) in [5.41, 5.74) is 1.10. The summed E-state index contributed by atoms with van der Waals surface area (Å²) in [4.78, 5) is 16.1. The van der Waals surface area contributed by atoms with Gasteiger partial charge in [0.1, 0.15) is 17.4 Å². The van der Waals surface area contributed by atoms with Crippen LogP contribution in [0.25, 0.3) is 10.2 Å². The van der Waals surface area contributed by atoms with Crippen LogP contribution in [0.3, 0.4) is 0 Å². The molecule has 3 aromatic rings. The van der Waals surface area contributed by atoms with Crippen LogP contribution >= 0.6 is 11.3 Å². The molecule has 9 heteroatoms. The molecule has 4 rings (SSSR count). The molecule has 146 valence electrons. The van der Waals surface area contributed by atoms with Crippen molar-refractivity contribution in [3.05, 3.63) is 48.0 Å². The average molecular weight is 418 g/mol. The number of ketones is 1. The van der Waals surface area contributed by atoms with E-state index in [2.05, 4.69) is 4.98 Å². The number of aromatic nitrogens is 1. The van der Waals surface area contributed by atoms with Crippen LogP contribution in [-0.2, 0) is 10.0 Å². The number of para-hydroxylation sites is 1. The van der Waals surface area contributed by atoms with Crippen LogP contribution in [-0.4, -0.2) is 49.8 Å². The second-order valence-electron chi connectivity index (χ2n) is 6.43. The topological polar surface area (TPSA) is 85.8 Å². The van der Waals surface area contributed by atoms with Crippen molar-refractivity contribution in [1.82, 2.24) is 9.29 Å². The van der Waals surface area contributed by atoms with Gasteiger partial charge in [0.25, 0.3) is 5.19 Å². The Morgan fingerprint density at radius 2 is 1.96 bits per heavy atom. The van der Waals surface area contributed by atoms with E-state index in [4.69, 9.17) is 9.47 Å². The lowest BCUT2D eigenvalue weighted by Crippen LogP contribution is -2.55. The first kappa shape index (κ1) is 18.9. The first-order chi connectivity index (χ1) is 13.4. The molecule has 2 aromatic carbocycles. The zero-order chi connectivity index (χ0) is 19.9. The lowest BCUT2D eigenvalue weighted by molar-refractivity contribution is 0.0761. The van der Waals surface area contributed by atoms with E-state index in [0.717, 1.165) is 10.2 Å². The molecule has 7 nitrogen and oxygen atoms in total. The van der Waals surface area contributed by atoms with Gasteiger partial charge in [0.05, 0.1) is 29.8 Å². The van der Waals surface area contributed by atoms with Crippen molar-refractivity contribution >= 4 is 37.4 Å². The molecule has 28 heavy (non-hydrogen) atoms. The van der Waals surface area contributed by atoms with Crippen molar-refractivity contribution in [3.8, 4) is 10.9 Å². The average Bonchev–Trinajstić information content (AvgIpc) is 3.07. The molecule has 2 heterocycles. The number of nitrogens with zero attached hydrogens (tertiary/aromatic N) is 2. The first-order valence-electron chi connectivity index (χ1n) is 8.60. The fourth-order valence-electron chi connectivity index (χ4n) is 2.96. The number of thiazole rings is 1. The van der Waals surface area contributed by atoms with Crippen LogP contribution in [0.4, 0.5) is 0 Å². The van der Waals surface area contributed by atoms with Crippen molar-refractivity contribution < 1.29 is 22.7 Å². The number of rotatable bonds is 6. The van der Waals surface area contributed by atoms with Gasteiger partial charge in [-0.3, -0.25) is 4.79 Å². The summed E-state index contributed by atoms with van der Waals surface area (Å²) in [6, 6.07) is 11.7. The van der Waals surface area contributed by atoms with Gasteiger partial charge in [-0.05, 0) is 31.2 Å². The number of hydrogen-bond donors (Lipinski definition) is 0. The number of hydrogen-bond acceptors (Lipinski definition) is 7. The van der Waals surface area contributed by atoms with Gasteiger partial charge in [-0.15, -0.1) is 0 Å². The molecule has 1 aromatic heterocycles. The van der Waals surface area contributed by atoms with Crippen molar-refractivity contribution in [1.29, 1.82) is 0 Å². The Hall–Kier alpha value is -2.49. The smallest absolute Gasteiger partial charge is 0.274 e. The molecule has 1 saturated heterocycles. The Labute approximate surface area is 166 Å². The van der Waals surface area contributed by atoms with Crippen molar-refractivity contribution in [2.45, 2.75) is 17.9 Å². The minimum atomic E-state index is -3.65. The number of sulfonamides is 1. The van der Waals surface area contributed by atoms with Crippen LogP contribution in [0.15, 0.2) is 47.4 Å². The fraction of sp³-hybridized carbons (Fsp3) is 0.263. The van der Waals surface area contributed by atoms with Gasteiger partial charge in [-0.1, -0.05) is 29.5 Å². The maximum atomic E-state index is 12.7. The van der Waals surface area contributed by atoms with E-state index in [0.29, 0.717) is 16.5 Å². The van der Waals surface area contributed by atoms with E-state index >= 15 is 0 Å². The van der Waals surface area contributed by atoms with Gasteiger partial charge in [0, 0.05) is 5.56 Å². The predicted octanol–water partition coefficient (Wildman–Crippen LogP) is 2.96. The number of carbonyl (C=O) groups excluding carboxylic acids is 1. The molecule has 0 aliphatic carbocycles. The number of methoxy groups -OCH3 is 1. The second kappa shape index (κ2) is 7.16. The van der Waals surface area contributed by atoms with Gasteiger partial charge in [0.2, 0.25) is 10.0 Å². The van der Waals surface area contributed by atoms with Gasteiger partial charge in [-0.25, -0.2) is 8.42 Å². The predicted molar refractivity (Wildman–Crippen MR) is 106 cm³/mol. The quantitative estimate of drug-likeness (QED) is 0.572. The van der Waals surface area contributed by atoms with E-state index in [1.165, 1.54) is 34.7 Å². The number of carbonyl (C=O) groups is 1. The van der Waals surface area contributed by atoms with E-state index in [1.54, 1.807) is 19.2 Å². The zero-order valence-corrected chi connectivity index (χ0v) is 16.9. The third-order valence-corrected chi connectivity index (χ3v) is 7.28. The summed E-state index contributed by atoms with van der Waals surface area (Å²) in [6.45, 7) is 1.88. The summed E-state index contributed by atoms with van der Waals surface area (Å²) >= 11 is 1.40. The Bertz CT molecular complexity index is 1150. The largest absolute Gasteiger partial charge is 0.494 e. The van der Waals surface area contributed by atoms with E-state index in [1.807, 2.05) is 18.2 Å². The van der Waals surface area contributed by atoms with Crippen molar-refractivity contribution in [2.75, 3.05) is 20.2 Å². The molecule has 0 bridgehead atoms. The van der Waals surface area contributed by atoms with Gasteiger partial charge in [-0.2, -0.15) is 9.29 Å². The second-order valence-corrected chi connectivity index (χ2v) is 9.36. The minimum Gasteiger partial charge on any atom is -0.494 e. The molecule has 0 atom stereocenters. The van der Waals surface area contributed by atoms with Gasteiger partial charge in [0.15, 0.2) is 5.78 Å². The maximum absolute atomic E-state index is 12.7. The molecular weight excluding hydrogens is 400 g/mol. The number of Topliss-reactive ketones (excluding diaryl/α,β-unsaturated/α-hetero) is 1. The highest BCUT2D eigenvalue weighted by atomic mass is 32.2.